The maximum atomic E-state index is 0. The SMILES string of the molecule is O.O.O.[Li+].[O-2].[O-2].[O-2].[Ta+5]. The molecule has 0 heterocycles. The van der Waals surface area contributed by atoms with Gasteiger partial charge in [-0.15, -0.1) is 0 Å². The monoisotopic (exact) mass is 290 g/mol. The van der Waals surface area contributed by atoms with E-state index in [-0.39, 0.29) is 74.1 Å². The first-order valence-corrected chi connectivity index (χ1v) is 0. The molecule has 6 N–H and O–H groups in total. The van der Waals surface area contributed by atoms with E-state index in [4.69, 9.17) is 0 Å². The van der Waals surface area contributed by atoms with Crippen LogP contribution in [0.5, 0.6) is 0 Å². The van der Waals surface area contributed by atoms with Crippen LogP contribution < -0.4 is 18.9 Å². The van der Waals surface area contributed by atoms with Crippen LogP contribution in [0.2, 0.25) is 0 Å². The van der Waals surface area contributed by atoms with Gasteiger partial charge in [-0.25, -0.2) is 0 Å². The summed E-state index contributed by atoms with van der Waals surface area (Å²) in [5.41, 5.74) is 0. The summed E-state index contributed by atoms with van der Waals surface area (Å²) in [6, 6.07) is 0. The number of hydrogen-bond acceptors (Lipinski definition) is 0. The van der Waals surface area contributed by atoms with Gasteiger partial charge in [-0.2, -0.15) is 0 Å². The molecule has 0 aromatic heterocycles. The van der Waals surface area contributed by atoms with Crippen molar-refractivity contribution in [2.24, 2.45) is 0 Å². The predicted molar refractivity (Wildman–Crippen MR) is 12.9 cm³/mol. The van der Waals surface area contributed by atoms with Crippen molar-refractivity contribution in [2.45, 2.75) is 0 Å². The average Bonchev–Trinajstić information content (AvgIpc) is 0. The summed E-state index contributed by atoms with van der Waals surface area (Å²) in [5.74, 6) is 0. The minimum Gasteiger partial charge on any atom is -2.00 e. The molecule has 0 aromatic rings. The second-order valence-corrected chi connectivity index (χ2v) is 0. The van der Waals surface area contributed by atoms with E-state index in [1.165, 1.54) is 0 Å². The Kier molecular flexibility index (Phi) is 21000. The van der Waals surface area contributed by atoms with Gasteiger partial charge in [0.1, 0.15) is 0 Å². The van der Waals surface area contributed by atoms with E-state index >= 15 is 0 Å². The molecular formula is H6LiO6Ta. The fourth-order valence-corrected chi connectivity index (χ4v) is 0. The maximum Gasteiger partial charge on any atom is 5.00 e. The van der Waals surface area contributed by atoms with Crippen LogP contribution >= 0.6 is 0 Å². The zero-order valence-corrected chi connectivity index (χ0v) is 7.39. The van der Waals surface area contributed by atoms with E-state index in [0.29, 0.717) is 0 Å². The fraction of sp³-hybridized carbons (Fsp3) is 0. The smallest absolute Gasteiger partial charge is 2.00 e. The Morgan fingerprint density at radius 1 is 0.500 bits per heavy atom. The van der Waals surface area contributed by atoms with Crippen molar-refractivity contribution < 1.29 is 74.1 Å². The van der Waals surface area contributed by atoms with Crippen LogP contribution in [0.1, 0.15) is 0 Å². The Labute approximate surface area is 74.2 Å². The summed E-state index contributed by atoms with van der Waals surface area (Å²) in [4.78, 5) is 0. The van der Waals surface area contributed by atoms with Crippen molar-refractivity contribution in [3.05, 3.63) is 0 Å². The van der Waals surface area contributed by atoms with Crippen molar-refractivity contribution in [1.82, 2.24) is 0 Å². The van der Waals surface area contributed by atoms with E-state index in [2.05, 4.69) is 0 Å². The van der Waals surface area contributed by atoms with Crippen LogP contribution in [0, 0.1) is 0 Å². The van der Waals surface area contributed by atoms with Crippen LogP contribution in [0.3, 0.4) is 0 Å². The molecule has 0 bridgehead atoms. The zero-order chi connectivity index (χ0) is 0. The van der Waals surface area contributed by atoms with Gasteiger partial charge >= 0.3 is 41.2 Å². The first-order chi connectivity index (χ1) is 0. The summed E-state index contributed by atoms with van der Waals surface area (Å²) < 4.78 is 0. The Morgan fingerprint density at radius 3 is 0.500 bits per heavy atom. The Balaban J connectivity index is 0. The van der Waals surface area contributed by atoms with Crippen molar-refractivity contribution in [2.75, 3.05) is 0 Å². The Hall–Kier alpha value is 1.10. The minimum absolute atomic E-state index is 0. The molecule has 0 aliphatic heterocycles. The van der Waals surface area contributed by atoms with E-state index < -0.39 is 0 Å². The molecule has 0 amide bonds. The molecule has 0 aliphatic carbocycles. The summed E-state index contributed by atoms with van der Waals surface area (Å²) >= 11 is 0. The molecule has 0 saturated heterocycles. The van der Waals surface area contributed by atoms with Gasteiger partial charge < -0.3 is 32.9 Å². The van der Waals surface area contributed by atoms with Gasteiger partial charge in [0.2, 0.25) is 0 Å². The molecular weight excluding hydrogens is 284 g/mol. The van der Waals surface area contributed by atoms with E-state index in [1.807, 2.05) is 0 Å². The normalized spacial score (nSPS) is 0. The summed E-state index contributed by atoms with van der Waals surface area (Å²) in [5, 5.41) is 0. The first kappa shape index (κ1) is 495. The number of hydrogen-bond donors (Lipinski definition) is 0. The van der Waals surface area contributed by atoms with Gasteiger partial charge in [0, 0.05) is 0 Å². The molecule has 0 spiro atoms. The molecule has 0 radical (unpaired) electrons. The Bertz CT molecular complexity index is 8.49. The summed E-state index contributed by atoms with van der Waals surface area (Å²) in [6.07, 6.45) is 0. The van der Waals surface area contributed by atoms with Crippen molar-refractivity contribution >= 4 is 0 Å². The third kappa shape index (κ3) is 219. The van der Waals surface area contributed by atoms with E-state index in [0.717, 1.165) is 0 Å². The third-order valence-corrected chi connectivity index (χ3v) is 0. The van der Waals surface area contributed by atoms with Gasteiger partial charge in [0.05, 0.1) is 0 Å². The molecule has 0 rings (SSSR count). The van der Waals surface area contributed by atoms with E-state index in [1.54, 1.807) is 0 Å². The summed E-state index contributed by atoms with van der Waals surface area (Å²) in [6.45, 7) is 0. The number of rotatable bonds is 0. The van der Waals surface area contributed by atoms with Gasteiger partial charge in [-0.05, 0) is 0 Å². The van der Waals surface area contributed by atoms with Crippen LogP contribution in [0.25, 0.3) is 0 Å². The largest absolute Gasteiger partial charge is 5.00 e. The van der Waals surface area contributed by atoms with E-state index in [9.17, 15) is 0 Å². The molecule has 8 heteroatoms. The third-order valence-electron chi connectivity index (χ3n) is 0. The van der Waals surface area contributed by atoms with Crippen LogP contribution in [-0.4, -0.2) is 16.4 Å². The molecule has 0 unspecified atom stereocenters. The molecule has 0 fully saturated rings. The maximum absolute atomic E-state index is 0. The molecule has 8 heavy (non-hydrogen) atoms. The summed E-state index contributed by atoms with van der Waals surface area (Å²) in [7, 11) is 0. The molecule has 0 aromatic carbocycles. The van der Waals surface area contributed by atoms with Crippen LogP contribution in [0.15, 0.2) is 0 Å². The van der Waals surface area contributed by atoms with Gasteiger partial charge in [-0.3, -0.25) is 0 Å². The molecule has 48 valence electrons. The van der Waals surface area contributed by atoms with Gasteiger partial charge in [-0.1, -0.05) is 0 Å². The molecule has 0 aliphatic rings. The standard InChI is InChI=1S/Li.3H2O.3O.Ta/h;3*1H2;;;;/q+1;;;;3*-2;+5. The van der Waals surface area contributed by atoms with Gasteiger partial charge in [0.15, 0.2) is 0 Å². The van der Waals surface area contributed by atoms with Crippen molar-refractivity contribution in [1.29, 1.82) is 0 Å². The Morgan fingerprint density at radius 2 is 0.500 bits per heavy atom. The quantitative estimate of drug-likeness (QED) is 0.386. The van der Waals surface area contributed by atoms with Crippen molar-refractivity contribution in [3.63, 3.8) is 0 Å². The van der Waals surface area contributed by atoms with Crippen LogP contribution in [0.4, 0.5) is 0 Å². The molecule has 0 atom stereocenters. The first-order valence-electron chi connectivity index (χ1n) is 0. The van der Waals surface area contributed by atoms with Gasteiger partial charge in [0.25, 0.3) is 0 Å². The second-order valence-electron chi connectivity index (χ2n) is 0. The van der Waals surface area contributed by atoms with Crippen LogP contribution in [-0.2, 0) is 38.8 Å². The predicted octanol–water partition coefficient (Wildman–Crippen LogP) is -5.83. The minimum atomic E-state index is 0. The van der Waals surface area contributed by atoms with Crippen molar-refractivity contribution in [3.8, 4) is 0 Å². The second kappa shape index (κ2) is 339. The fourth-order valence-electron chi connectivity index (χ4n) is 0. The molecule has 6 nitrogen and oxygen atoms in total. The molecule has 0 saturated carbocycles. The topological polar surface area (TPSA) is 180 Å². The average molecular weight is 290 g/mol. The zero-order valence-electron chi connectivity index (χ0n) is 4.17.